The van der Waals surface area contributed by atoms with Gasteiger partial charge in [-0.3, -0.25) is 9.36 Å². The van der Waals surface area contributed by atoms with E-state index in [-0.39, 0.29) is 5.56 Å². The van der Waals surface area contributed by atoms with Crippen LogP contribution in [-0.4, -0.2) is 21.6 Å². The Hall–Kier alpha value is -2.93. The van der Waals surface area contributed by atoms with Crippen LogP contribution in [0.1, 0.15) is 5.69 Å². The van der Waals surface area contributed by atoms with Gasteiger partial charge in [0.1, 0.15) is 16.7 Å². The van der Waals surface area contributed by atoms with Crippen molar-refractivity contribution in [2.45, 2.75) is 6.54 Å². The molecule has 1 aromatic carbocycles. The molecule has 0 saturated carbocycles. The molecule has 0 atom stereocenters. The van der Waals surface area contributed by atoms with E-state index in [1.165, 1.54) is 15.9 Å². The lowest BCUT2D eigenvalue weighted by atomic mass is 10.2. The summed E-state index contributed by atoms with van der Waals surface area (Å²) in [5, 5.41) is 1.86. The smallest absolute Gasteiger partial charge is 0.271 e. The molecule has 0 fully saturated rings. The molecule has 3 heterocycles. The van der Waals surface area contributed by atoms with Gasteiger partial charge in [0.05, 0.1) is 31.2 Å². The highest BCUT2D eigenvalue weighted by molar-refractivity contribution is 7.17. The normalized spacial score (nSPS) is 11.0. The number of fused-ring (bicyclic) bond motifs is 1. The molecule has 0 unspecified atom stereocenters. The summed E-state index contributed by atoms with van der Waals surface area (Å²) in [7, 11) is 1.62. The van der Waals surface area contributed by atoms with Gasteiger partial charge < -0.3 is 9.15 Å². The van der Waals surface area contributed by atoms with Crippen LogP contribution in [0.2, 0.25) is 0 Å². The maximum Gasteiger partial charge on any atom is 0.271 e. The first-order valence-corrected chi connectivity index (χ1v) is 8.14. The summed E-state index contributed by atoms with van der Waals surface area (Å²) in [5.74, 6) is 1.28. The minimum Gasteiger partial charge on any atom is -0.497 e. The van der Waals surface area contributed by atoms with Crippen LogP contribution in [0.3, 0.4) is 0 Å². The lowest BCUT2D eigenvalue weighted by Gasteiger charge is -2.01. The van der Waals surface area contributed by atoms with E-state index in [1.54, 1.807) is 19.7 Å². The summed E-state index contributed by atoms with van der Waals surface area (Å²) in [6.45, 7) is 0.319. The van der Waals surface area contributed by atoms with Gasteiger partial charge in [-0.05, 0) is 35.7 Å². The van der Waals surface area contributed by atoms with E-state index in [9.17, 15) is 4.79 Å². The van der Waals surface area contributed by atoms with Crippen LogP contribution in [0, 0.1) is 0 Å². The van der Waals surface area contributed by atoms with Crippen molar-refractivity contribution in [2.75, 3.05) is 7.11 Å². The van der Waals surface area contributed by atoms with Crippen LogP contribution in [0.15, 0.2) is 57.5 Å². The maximum atomic E-state index is 12.4. The molecule has 7 heteroatoms. The second-order valence-electron chi connectivity index (χ2n) is 5.19. The van der Waals surface area contributed by atoms with Gasteiger partial charge in [0.2, 0.25) is 5.89 Å². The third kappa shape index (κ3) is 2.59. The number of oxazole rings is 1. The molecule has 0 aliphatic rings. The van der Waals surface area contributed by atoms with Gasteiger partial charge >= 0.3 is 0 Å². The quantitative estimate of drug-likeness (QED) is 0.571. The Bertz CT molecular complexity index is 1050. The molecule has 24 heavy (non-hydrogen) atoms. The SMILES string of the molecule is COc1ccc(-c2nc(Cn3cnc4ccsc4c3=O)co2)cc1. The molecule has 0 aliphatic carbocycles. The first-order valence-electron chi connectivity index (χ1n) is 7.26. The Labute approximate surface area is 141 Å². The lowest BCUT2D eigenvalue weighted by molar-refractivity contribution is 0.415. The van der Waals surface area contributed by atoms with E-state index >= 15 is 0 Å². The van der Waals surface area contributed by atoms with Crippen LogP contribution in [0.4, 0.5) is 0 Å². The molecule has 0 radical (unpaired) electrons. The molecule has 120 valence electrons. The van der Waals surface area contributed by atoms with Crippen LogP contribution >= 0.6 is 11.3 Å². The Balaban J connectivity index is 1.62. The second-order valence-corrected chi connectivity index (χ2v) is 6.10. The molecule has 4 aromatic rings. The number of hydrogen-bond donors (Lipinski definition) is 0. The van der Waals surface area contributed by atoms with Gasteiger partial charge in [-0.25, -0.2) is 9.97 Å². The molecule has 4 rings (SSSR count). The van der Waals surface area contributed by atoms with E-state index < -0.39 is 0 Å². The molecule has 0 bridgehead atoms. The van der Waals surface area contributed by atoms with E-state index in [0.717, 1.165) is 16.8 Å². The number of aromatic nitrogens is 3. The van der Waals surface area contributed by atoms with Crippen molar-refractivity contribution < 1.29 is 9.15 Å². The van der Waals surface area contributed by atoms with Gasteiger partial charge in [-0.2, -0.15) is 0 Å². The average molecular weight is 339 g/mol. The minimum atomic E-state index is -0.0657. The standard InChI is InChI=1S/C17H13N3O3S/c1-22-13-4-2-11(3-5-13)16-19-12(9-23-16)8-20-10-18-14-6-7-24-15(14)17(20)21/h2-7,9-10H,8H2,1H3. The zero-order valence-corrected chi connectivity index (χ0v) is 13.6. The van der Waals surface area contributed by atoms with Gasteiger partial charge in [-0.15, -0.1) is 11.3 Å². The van der Waals surface area contributed by atoms with E-state index in [0.29, 0.717) is 22.8 Å². The number of benzene rings is 1. The maximum absolute atomic E-state index is 12.4. The van der Waals surface area contributed by atoms with Crippen LogP contribution in [0.25, 0.3) is 21.7 Å². The lowest BCUT2D eigenvalue weighted by Crippen LogP contribution is -2.20. The van der Waals surface area contributed by atoms with Crippen molar-refractivity contribution in [3.8, 4) is 17.2 Å². The van der Waals surface area contributed by atoms with E-state index in [1.807, 2.05) is 35.7 Å². The average Bonchev–Trinajstić information content (AvgIpc) is 3.27. The highest BCUT2D eigenvalue weighted by atomic mass is 32.1. The number of rotatable bonds is 4. The summed E-state index contributed by atoms with van der Waals surface area (Å²) in [6, 6.07) is 9.28. The van der Waals surface area contributed by atoms with Gasteiger partial charge in [0, 0.05) is 5.56 Å². The zero-order valence-electron chi connectivity index (χ0n) is 12.8. The van der Waals surface area contributed by atoms with Crippen LogP contribution in [-0.2, 0) is 6.54 Å². The van der Waals surface area contributed by atoms with Crippen molar-refractivity contribution in [1.29, 1.82) is 0 Å². The number of methoxy groups -OCH3 is 1. The van der Waals surface area contributed by atoms with Crippen LogP contribution < -0.4 is 10.3 Å². The number of hydrogen-bond acceptors (Lipinski definition) is 6. The van der Waals surface area contributed by atoms with Crippen molar-refractivity contribution in [1.82, 2.24) is 14.5 Å². The highest BCUT2D eigenvalue weighted by Gasteiger charge is 2.10. The van der Waals surface area contributed by atoms with Gasteiger partial charge in [0.25, 0.3) is 5.56 Å². The molecule has 6 nitrogen and oxygen atoms in total. The third-order valence-electron chi connectivity index (χ3n) is 3.66. The summed E-state index contributed by atoms with van der Waals surface area (Å²) in [4.78, 5) is 21.1. The Morgan fingerprint density at radius 3 is 2.88 bits per heavy atom. The molecular weight excluding hydrogens is 326 g/mol. The Morgan fingerprint density at radius 2 is 2.08 bits per heavy atom. The van der Waals surface area contributed by atoms with Crippen LogP contribution in [0.5, 0.6) is 5.75 Å². The van der Waals surface area contributed by atoms with Gasteiger partial charge in [-0.1, -0.05) is 0 Å². The molecule has 0 N–H and O–H groups in total. The van der Waals surface area contributed by atoms with Crippen molar-refractivity contribution >= 4 is 21.6 Å². The van der Waals surface area contributed by atoms with Crippen molar-refractivity contribution in [2.24, 2.45) is 0 Å². The number of nitrogens with zero attached hydrogens (tertiary/aromatic N) is 3. The first kappa shape index (κ1) is 14.6. The fourth-order valence-electron chi connectivity index (χ4n) is 2.41. The van der Waals surface area contributed by atoms with E-state index in [4.69, 9.17) is 9.15 Å². The number of thiophene rings is 1. The number of ether oxygens (including phenoxy) is 1. The molecule has 3 aromatic heterocycles. The third-order valence-corrected chi connectivity index (χ3v) is 4.55. The van der Waals surface area contributed by atoms with Crippen molar-refractivity contribution in [3.05, 3.63) is 64.4 Å². The predicted octanol–water partition coefficient (Wildman–Crippen LogP) is 3.17. The first-order chi connectivity index (χ1) is 11.7. The molecular formula is C17H13N3O3S. The fraction of sp³-hybridized carbons (Fsp3) is 0.118. The second kappa shape index (κ2) is 5.93. The summed E-state index contributed by atoms with van der Waals surface area (Å²) < 4.78 is 12.8. The highest BCUT2D eigenvalue weighted by Crippen LogP contribution is 2.22. The molecule has 0 spiro atoms. The van der Waals surface area contributed by atoms with Gasteiger partial charge in [0.15, 0.2) is 0 Å². The summed E-state index contributed by atoms with van der Waals surface area (Å²) >= 11 is 1.39. The summed E-state index contributed by atoms with van der Waals surface area (Å²) in [6.07, 6.45) is 3.10. The predicted molar refractivity (Wildman–Crippen MR) is 91.5 cm³/mol. The zero-order chi connectivity index (χ0) is 16.5. The largest absolute Gasteiger partial charge is 0.497 e. The topological polar surface area (TPSA) is 70.2 Å². The monoisotopic (exact) mass is 339 g/mol. The molecule has 0 aliphatic heterocycles. The minimum absolute atomic E-state index is 0.0657. The Kier molecular flexibility index (Phi) is 3.62. The fourth-order valence-corrected chi connectivity index (χ4v) is 3.20. The van der Waals surface area contributed by atoms with E-state index in [2.05, 4.69) is 9.97 Å². The molecule has 0 saturated heterocycles. The summed E-state index contributed by atoms with van der Waals surface area (Å²) in [5.41, 5.74) is 2.17. The Morgan fingerprint density at radius 1 is 1.25 bits per heavy atom. The van der Waals surface area contributed by atoms with Crippen molar-refractivity contribution in [3.63, 3.8) is 0 Å². The molecule has 0 amide bonds.